The van der Waals surface area contributed by atoms with Gasteiger partial charge in [-0.2, -0.15) is 0 Å². The molecule has 1 amide bonds. The molecule has 1 saturated carbocycles. The number of aromatic nitrogens is 2. The van der Waals surface area contributed by atoms with Gasteiger partial charge in [-0.15, -0.1) is 0 Å². The zero-order valence-electron chi connectivity index (χ0n) is 13.9. The lowest BCUT2D eigenvalue weighted by atomic mass is 9.86. The van der Waals surface area contributed by atoms with Gasteiger partial charge in [-0.25, -0.2) is 4.98 Å². The molecule has 24 heavy (non-hydrogen) atoms. The van der Waals surface area contributed by atoms with Gasteiger partial charge in [-0.1, -0.05) is 50.1 Å². The molecule has 2 aromatic rings. The van der Waals surface area contributed by atoms with Crippen molar-refractivity contribution >= 4 is 5.91 Å². The van der Waals surface area contributed by atoms with Crippen molar-refractivity contribution < 1.29 is 4.79 Å². The topological polar surface area (TPSA) is 64.0 Å². The number of hydrogen-bond acceptors (Lipinski definition) is 3. The van der Waals surface area contributed by atoms with Crippen LogP contribution in [-0.2, 0) is 11.3 Å². The van der Waals surface area contributed by atoms with Crippen LogP contribution < -0.4 is 10.9 Å². The highest BCUT2D eigenvalue weighted by atomic mass is 16.2. The van der Waals surface area contributed by atoms with Crippen molar-refractivity contribution in [3.05, 3.63) is 53.1 Å². The molecule has 1 aliphatic carbocycles. The van der Waals surface area contributed by atoms with Crippen LogP contribution in [0.4, 0.5) is 0 Å². The smallest absolute Gasteiger partial charge is 0.254 e. The van der Waals surface area contributed by atoms with E-state index in [1.165, 1.54) is 23.4 Å². The van der Waals surface area contributed by atoms with E-state index in [0.717, 1.165) is 24.8 Å². The van der Waals surface area contributed by atoms with Gasteiger partial charge in [-0.3, -0.25) is 14.2 Å². The minimum atomic E-state index is -0.212. The molecule has 0 saturated heterocycles. The van der Waals surface area contributed by atoms with E-state index in [9.17, 15) is 9.59 Å². The van der Waals surface area contributed by atoms with Crippen LogP contribution in [0.3, 0.4) is 0 Å². The number of hydrogen-bond donors (Lipinski definition) is 1. The summed E-state index contributed by atoms with van der Waals surface area (Å²) in [6.45, 7) is 2.19. The summed E-state index contributed by atoms with van der Waals surface area (Å²) in [7, 11) is 0. The van der Waals surface area contributed by atoms with Crippen LogP contribution in [-0.4, -0.2) is 21.5 Å². The molecule has 2 unspecified atom stereocenters. The quantitative estimate of drug-likeness (QED) is 0.940. The molecule has 0 aliphatic heterocycles. The number of nitrogens with one attached hydrogen (secondary N) is 1. The first kappa shape index (κ1) is 16.4. The fraction of sp³-hybridized carbons (Fsp3) is 0.421. The van der Waals surface area contributed by atoms with Gasteiger partial charge in [0.2, 0.25) is 5.91 Å². The predicted molar refractivity (Wildman–Crippen MR) is 93.5 cm³/mol. The van der Waals surface area contributed by atoms with Crippen molar-refractivity contribution in [2.45, 2.75) is 45.2 Å². The Labute approximate surface area is 141 Å². The van der Waals surface area contributed by atoms with E-state index in [1.807, 2.05) is 30.3 Å². The second-order valence-electron chi connectivity index (χ2n) is 6.54. The molecule has 0 bridgehead atoms. The Kier molecular flexibility index (Phi) is 5.08. The summed E-state index contributed by atoms with van der Waals surface area (Å²) in [5.74, 6) is 0.378. The second kappa shape index (κ2) is 7.43. The molecular formula is C19H23N3O2. The Morgan fingerprint density at radius 1 is 1.25 bits per heavy atom. The molecule has 5 heteroatoms. The average molecular weight is 325 g/mol. The monoisotopic (exact) mass is 325 g/mol. The normalized spacial score (nSPS) is 20.5. The highest BCUT2D eigenvalue weighted by Crippen LogP contribution is 2.23. The van der Waals surface area contributed by atoms with Crippen molar-refractivity contribution in [2.75, 3.05) is 0 Å². The predicted octanol–water partition coefficient (Wildman–Crippen LogP) is 2.61. The van der Waals surface area contributed by atoms with Gasteiger partial charge in [0.1, 0.15) is 6.54 Å². The van der Waals surface area contributed by atoms with Crippen LogP contribution in [0.25, 0.3) is 11.3 Å². The van der Waals surface area contributed by atoms with Crippen molar-refractivity contribution in [1.29, 1.82) is 0 Å². The zero-order valence-corrected chi connectivity index (χ0v) is 13.9. The third-order valence-corrected chi connectivity index (χ3v) is 4.72. The van der Waals surface area contributed by atoms with E-state index >= 15 is 0 Å². The molecule has 0 spiro atoms. The van der Waals surface area contributed by atoms with Gasteiger partial charge in [0.25, 0.3) is 5.56 Å². The van der Waals surface area contributed by atoms with Crippen LogP contribution in [0.15, 0.2) is 47.5 Å². The third-order valence-electron chi connectivity index (χ3n) is 4.72. The molecule has 1 aromatic carbocycles. The largest absolute Gasteiger partial charge is 0.352 e. The summed E-state index contributed by atoms with van der Waals surface area (Å²) in [6, 6.07) is 11.2. The first-order chi connectivity index (χ1) is 11.6. The molecule has 1 N–H and O–H groups in total. The minimum absolute atomic E-state index is 0.0180. The molecule has 0 radical (unpaired) electrons. The van der Waals surface area contributed by atoms with Crippen molar-refractivity contribution in [3.63, 3.8) is 0 Å². The molecular weight excluding hydrogens is 302 g/mol. The standard InChI is InChI=1S/C19H23N3O2/c1-14-7-5-6-10-16(14)21-18(23)12-22-13-20-17(11-19(22)24)15-8-3-2-4-9-15/h2-4,8-9,11,13-14,16H,5-7,10,12H2,1H3,(H,21,23). The minimum Gasteiger partial charge on any atom is -0.352 e. The number of carbonyl (C=O) groups excluding carboxylic acids is 1. The summed E-state index contributed by atoms with van der Waals surface area (Å²) in [5, 5.41) is 3.06. The Hall–Kier alpha value is -2.43. The molecule has 1 aliphatic rings. The fourth-order valence-electron chi connectivity index (χ4n) is 3.25. The Morgan fingerprint density at radius 2 is 2.00 bits per heavy atom. The van der Waals surface area contributed by atoms with E-state index < -0.39 is 0 Å². The van der Waals surface area contributed by atoms with Gasteiger partial charge in [0, 0.05) is 17.7 Å². The number of nitrogens with zero attached hydrogens (tertiary/aromatic N) is 2. The summed E-state index contributed by atoms with van der Waals surface area (Å²) >= 11 is 0. The fourth-order valence-corrected chi connectivity index (χ4v) is 3.25. The SMILES string of the molecule is CC1CCCCC1NC(=O)Cn1cnc(-c2ccccc2)cc1=O. The van der Waals surface area contributed by atoms with Crippen LogP contribution in [0.5, 0.6) is 0 Å². The maximum Gasteiger partial charge on any atom is 0.254 e. The van der Waals surface area contributed by atoms with Crippen LogP contribution in [0, 0.1) is 5.92 Å². The molecule has 126 valence electrons. The third kappa shape index (κ3) is 3.91. The maximum atomic E-state index is 12.2. The van der Waals surface area contributed by atoms with Crippen LogP contribution in [0.1, 0.15) is 32.6 Å². The molecule has 1 aromatic heterocycles. The Balaban J connectivity index is 1.67. The van der Waals surface area contributed by atoms with Gasteiger partial charge < -0.3 is 5.32 Å². The van der Waals surface area contributed by atoms with Crippen LogP contribution >= 0.6 is 0 Å². The lowest BCUT2D eigenvalue weighted by molar-refractivity contribution is -0.123. The van der Waals surface area contributed by atoms with E-state index in [1.54, 1.807) is 0 Å². The van der Waals surface area contributed by atoms with E-state index in [2.05, 4.69) is 17.2 Å². The molecule has 2 atom stereocenters. The molecule has 1 heterocycles. The second-order valence-corrected chi connectivity index (χ2v) is 6.54. The number of amides is 1. The van der Waals surface area contributed by atoms with Crippen molar-refractivity contribution in [1.82, 2.24) is 14.9 Å². The highest BCUT2D eigenvalue weighted by molar-refractivity contribution is 5.76. The van der Waals surface area contributed by atoms with E-state index in [4.69, 9.17) is 0 Å². The van der Waals surface area contributed by atoms with E-state index in [0.29, 0.717) is 11.6 Å². The van der Waals surface area contributed by atoms with Gasteiger partial charge in [0.15, 0.2) is 0 Å². The lowest BCUT2D eigenvalue weighted by Gasteiger charge is -2.29. The maximum absolute atomic E-state index is 12.2. The first-order valence-electron chi connectivity index (χ1n) is 8.55. The summed E-state index contributed by atoms with van der Waals surface area (Å²) in [4.78, 5) is 28.8. The molecule has 3 rings (SSSR count). The van der Waals surface area contributed by atoms with Crippen molar-refractivity contribution in [2.24, 2.45) is 5.92 Å². The van der Waals surface area contributed by atoms with Gasteiger partial charge >= 0.3 is 0 Å². The number of benzene rings is 1. The Bertz CT molecular complexity index is 755. The number of rotatable bonds is 4. The van der Waals surface area contributed by atoms with E-state index in [-0.39, 0.29) is 24.1 Å². The first-order valence-corrected chi connectivity index (χ1v) is 8.55. The molecule has 5 nitrogen and oxygen atoms in total. The Morgan fingerprint density at radius 3 is 2.71 bits per heavy atom. The van der Waals surface area contributed by atoms with Crippen LogP contribution in [0.2, 0.25) is 0 Å². The van der Waals surface area contributed by atoms with Crippen molar-refractivity contribution in [3.8, 4) is 11.3 Å². The number of carbonyl (C=O) groups is 1. The average Bonchev–Trinajstić information content (AvgIpc) is 2.59. The summed E-state index contributed by atoms with van der Waals surface area (Å²) in [6.07, 6.45) is 6.01. The molecule has 1 fully saturated rings. The lowest BCUT2D eigenvalue weighted by Crippen LogP contribution is -2.43. The summed E-state index contributed by atoms with van der Waals surface area (Å²) in [5.41, 5.74) is 1.30. The van der Waals surface area contributed by atoms with Gasteiger partial charge in [0.05, 0.1) is 12.0 Å². The highest BCUT2D eigenvalue weighted by Gasteiger charge is 2.22. The zero-order chi connectivity index (χ0) is 16.9. The van der Waals surface area contributed by atoms with Gasteiger partial charge in [-0.05, 0) is 18.8 Å². The summed E-state index contributed by atoms with van der Waals surface area (Å²) < 4.78 is 1.36.